The Morgan fingerprint density at radius 3 is 0.828 bits per heavy atom. The highest BCUT2D eigenvalue weighted by atomic mass is 35.5. The first-order chi connectivity index (χ1) is 59.6. The largest absolute Gasteiger partial charge is 0.396 e. The molecule has 0 aliphatic heterocycles. The number of carbonyl (C=O) groups is 4. The summed E-state index contributed by atoms with van der Waals surface area (Å²) in [5.41, 5.74) is 0. The lowest BCUT2D eigenvalue weighted by Gasteiger charge is -2.37. The molecule has 1 unspecified atom stereocenters. The minimum absolute atomic E-state index is 0.00266. The number of nitriles is 1. The molecule has 0 aromatic carbocycles. The second-order valence-corrected chi connectivity index (χ2v) is 35.9. The van der Waals surface area contributed by atoms with E-state index in [1.165, 1.54) is 334 Å². The first-order valence-corrected chi connectivity index (χ1v) is 52.6. The van der Waals surface area contributed by atoms with E-state index < -0.39 is 20.7 Å². The predicted molar refractivity (Wildman–Crippen MR) is 522 cm³/mol. The topological polar surface area (TPSA) is 261 Å². The van der Waals surface area contributed by atoms with Crippen LogP contribution in [0.1, 0.15) is 506 Å². The second-order valence-electron chi connectivity index (χ2n) is 33.9. The monoisotopic (exact) mass is 1780 g/mol. The Bertz CT molecular complexity index is 2270. The van der Waals surface area contributed by atoms with Crippen LogP contribution in [-0.2, 0) is 37.0 Å². The molecule has 0 aliphatic rings. The molecule has 4 amide bonds. The lowest BCUT2D eigenvalue weighted by atomic mass is 10.0. The molecule has 0 bridgehead atoms. The fourth-order valence-electron chi connectivity index (χ4n) is 14.0. The van der Waals surface area contributed by atoms with E-state index in [0.717, 1.165) is 76.3 Å². The number of hydrogen-bond donors (Lipinski definition) is 8. The van der Waals surface area contributed by atoms with E-state index in [4.69, 9.17) is 41.5 Å². The molecule has 122 heavy (non-hydrogen) atoms. The van der Waals surface area contributed by atoms with Crippen molar-refractivity contribution in [3.05, 3.63) is 0 Å². The van der Waals surface area contributed by atoms with Crippen LogP contribution in [0.3, 0.4) is 0 Å². The third-order valence-electron chi connectivity index (χ3n) is 21.3. The summed E-state index contributed by atoms with van der Waals surface area (Å²) in [7, 11) is -1.49. The Balaban J connectivity index is -0.000000613. The van der Waals surface area contributed by atoms with Crippen molar-refractivity contribution in [2.45, 2.75) is 530 Å². The van der Waals surface area contributed by atoms with Gasteiger partial charge >= 0.3 is 0 Å². The Labute approximate surface area is 763 Å². The van der Waals surface area contributed by atoms with Crippen molar-refractivity contribution in [1.82, 2.24) is 25.9 Å². The van der Waals surface area contributed by atoms with Crippen LogP contribution >= 0.6 is 32.4 Å². The molecule has 1 atom stereocenters. The number of carbonyl (C=O) groups excluding carboxylic acids is 4. The van der Waals surface area contributed by atoms with Gasteiger partial charge in [0.25, 0.3) is 8.53 Å². The SMILES string of the molecule is CC#CC#CC#CSOOCl.CCCCCCCCCCCCCCCCCC(=O)NCC(CNC(=O)CCCCCCCCCCCCCCCCC)OP(OCCC#N)N(C(C)C)C(C)C.CCCCCCCCCCCCCCCCCC(=O)NCC(O)CNC(=O)CCCCCCCCCCCCCCCCC.CCCCO.OCCCO. The Morgan fingerprint density at radius 2 is 0.615 bits per heavy atom. The maximum atomic E-state index is 12.9. The summed E-state index contributed by atoms with van der Waals surface area (Å²) < 4.78 is 22.8. The van der Waals surface area contributed by atoms with Crippen LogP contribution in [0.15, 0.2) is 0 Å². The van der Waals surface area contributed by atoms with Crippen LogP contribution in [-0.4, -0.2) is 126 Å². The van der Waals surface area contributed by atoms with Gasteiger partial charge in [0.1, 0.15) is 30.0 Å². The standard InChI is InChI=1S/C48H95N4O4P.C39H78N2O3.C7H3ClO2S.C4H10O.C3H8O2/c1-7-9-11-13-15-17-19-21-23-25-27-29-31-33-35-38-47(53)50-42-46(56-57(55-41-37-40-49)52(44(3)4)45(5)6)43-51-48(54)39-36-34-32-30-28-26-24-22-20-18-16-14-12-10-8-2;1-3-5-7-9-11-13-15-17-19-21-23-25-27-29-31-33-38(43)40-35-37(42)36-41-39(44)34-32-30-28-26-24-22-20-18-16-14-12-10-8-6-4-2;1-2-3-4-5-6-7-11-10-9-8;1-2-3-4-5;4-2-1-3-5/h44-46H,7-39,41-43H2,1-6H3,(H,50,53)(H,51,54);37,42H,3-36H2,1-2H3,(H,40,43)(H,41,44);1H3;5H,2-4H2,1H3;4-5H,1-3H2. The minimum atomic E-state index is -1.49. The summed E-state index contributed by atoms with van der Waals surface area (Å²) in [6.07, 6.45) is 82.2. The predicted octanol–water partition coefficient (Wildman–Crippen LogP) is 27.4. The maximum absolute atomic E-state index is 12.9. The number of unbranched alkanes of at least 4 members (excludes halogenated alkanes) is 57. The normalized spacial score (nSPS) is 11.0. The van der Waals surface area contributed by atoms with Gasteiger partial charge < -0.3 is 50.7 Å². The van der Waals surface area contributed by atoms with Gasteiger partial charge in [-0.05, 0) is 90.9 Å². The Kier molecular flexibility index (Phi) is 119. The third kappa shape index (κ3) is 113. The summed E-state index contributed by atoms with van der Waals surface area (Å²) in [5.74, 6) is 12.6. The van der Waals surface area contributed by atoms with Crippen molar-refractivity contribution in [2.24, 2.45) is 0 Å². The average molecular weight is 1780 g/mol. The summed E-state index contributed by atoms with van der Waals surface area (Å²) in [4.78, 5) is 50.0. The van der Waals surface area contributed by atoms with Gasteiger partial charge in [0.05, 0.1) is 25.2 Å². The van der Waals surface area contributed by atoms with Gasteiger partial charge in [-0.2, -0.15) is 5.26 Å². The number of hydrogen-bond acceptors (Lipinski definition) is 15. The number of aliphatic hydroxyl groups excluding tert-OH is 4. The lowest BCUT2D eigenvalue weighted by molar-refractivity contribution is -0.123. The van der Waals surface area contributed by atoms with Crippen LogP contribution in [0.4, 0.5) is 0 Å². The van der Waals surface area contributed by atoms with E-state index in [1.807, 2.05) is 0 Å². The maximum Gasteiger partial charge on any atom is 0.259 e. The van der Waals surface area contributed by atoms with Gasteiger partial charge in [-0.3, -0.25) is 19.2 Å². The minimum Gasteiger partial charge on any atom is -0.396 e. The average Bonchev–Trinajstić information content (AvgIpc) is 0.862. The molecular weight excluding hydrogens is 1590 g/mol. The highest BCUT2D eigenvalue weighted by Crippen LogP contribution is 2.47. The number of amides is 4. The molecule has 0 fully saturated rings. The Hall–Kier alpha value is -3.24. The molecule has 8 N–H and O–H groups in total. The molecule has 0 aliphatic carbocycles. The van der Waals surface area contributed by atoms with Crippen LogP contribution in [0.5, 0.6) is 0 Å². The summed E-state index contributed by atoms with van der Waals surface area (Å²) in [5, 5.41) is 57.4. The highest BCUT2D eigenvalue weighted by molar-refractivity contribution is 7.99. The van der Waals surface area contributed by atoms with Crippen molar-refractivity contribution in [2.75, 3.05) is 52.6 Å². The summed E-state index contributed by atoms with van der Waals surface area (Å²) in [6.45, 7) is 23.1. The van der Waals surface area contributed by atoms with Crippen LogP contribution in [0, 0.1) is 46.2 Å². The van der Waals surface area contributed by atoms with Crippen LogP contribution < -0.4 is 21.3 Å². The number of nitrogens with zero attached hydrogens (tertiary/aromatic N) is 2. The van der Waals surface area contributed by atoms with Crippen LogP contribution in [0.25, 0.3) is 0 Å². The van der Waals surface area contributed by atoms with Gasteiger partial charge in [-0.15, -0.1) is 8.77 Å². The first-order valence-electron chi connectivity index (χ1n) is 50.5. The molecule has 718 valence electrons. The van der Waals surface area contributed by atoms with E-state index >= 15 is 0 Å². The van der Waals surface area contributed by atoms with Gasteiger partial charge in [0.15, 0.2) is 0 Å². The lowest BCUT2D eigenvalue weighted by Crippen LogP contribution is -2.43. The molecule has 21 heteroatoms. The van der Waals surface area contributed by atoms with Crippen molar-refractivity contribution >= 4 is 56.1 Å². The molecule has 0 saturated heterocycles. The van der Waals surface area contributed by atoms with E-state index in [9.17, 15) is 24.3 Å². The molecule has 18 nitrogen and oxygen atoms in total. The molecule has 0 rings (SSSR count). The van der Waals surface area contributed by atoms with Gasteiger partial charge in [-0.1, -0.05) is 407 Å². The van der Waals surface area contributed by atoms with Gasteiger partial charge in [0.2, 0.25) is 23.6 Å². The molecule has 0 spiro atoms. The highest BCUT2D eigenvalue weighted by Gasteiger charge is 2.30. The fourth-order valence-corrected chi connectivity index (χ4v) is 15.9. The summed E-state index contributed by atoms with van der Waals surface area (Å²) in [6, 6.07) is 2.49. The van der Waals surface area contributed by atoms with Crippen molar-refractivity contribution in [3.63, 3.8) is 0 Å². The Morgan fingerprint density at radius 1 is 0.369 bits per heavy atom. The van der Waals surface area contributed by atoms with E-state index in [0.29, 0.717) is 51.8 Å². The summed E-state index contributed by atoms with van der Waals surface area (Å²) >= 11 is 5.44. The van der Waals surface area contributed by atoms with E-state index in [1.54, 1.807) is 6.92 Å². The number of aliphatic hydroxyl groups is 4. The van der Waals surface area contributed by atoms with Gasteiger partial charge in [-0.25, -0.2) is 4.67 Å². The van der Waals surface area contributed by atoms with Crippen molar-refractivity contribution < 1.29 is 57.4 Å². The number of rotatable bonds is 86. The van der Waals surface area contributed by atoms with Gasteiger partial charge in [0, 0.05) is 94.9 Å². The fraction of sp³-hybridized carbons (Fsp3) is 0.891. The van der Waals surface area contributed by atoms with Crippen molar-refractivity contribution in [3.8, 4) is 40.9 Å². The molecule has 0 aromatic heterocycles. The van der Waals surface area contributed by atoms with E-state index in [2.05, 4.69) is 138 Å². The quantitative estimate of drug-likeness (QED) is 0.00703. The number of halogens is 1. The molecular formula is C101H194ClN6O12PS. The second kappa shape index (κ2) is 114. The zero-order valence-electron chi connectivity index (χ0n) is 80.7. The molecule has 0 heterocycles. The van der Waals surface area contributed by atoms with Crippen LogP contribution in [0.2, 0.25) is 0 Å². The smallest absolute Gasteiger partial charge is 0.259 e. The zero-order chi connectivity index (χ0) is 90.8. The molecule has 0 radical (unpaired) electrons. The third-order valence-corrected chi connectivity index (χ3v) is 24.0. The number of nitrogens with one attached hydrogen (secondary N) is 4. The zero-order valence-corrected chi connectivity index (χ0v) is 83.2. The van der Waals surface area contributed by atoms with E-state index in [-0.39, 0.29) is 75.0 Å². The van der Waals surface area contributed by atoms with Crippen molar-refractivity contribution in [1.29, 1.82) is 5.26 Å². The first kappa shape index (κ1) is 127. The molecule has 0 saturated carbocycles. The molecule has 0 aromatic rings.